The number of halogens is 1. The first-order valence-electron chi connectivity index (χ1n) is 13.3. The molecule has 1 amide bonds. The Morgan fingerprint density at radius 2 is 1.82 bits per heavy atom. The Morgan fingerprint density at radius 3 is 2.55 bits per heavy atom. The topological polar surface area (TPSA) is 78.5 Å². The van der Waals surface area contributed by atoms with Crippen LogP contribution in [-0.2, 0) is 41.7 Å². The van der Waals surface area contributed by atoms with E-state index in [1.165, 1.54) is 12.1 Å². The van der Waals surface area contributed by atoms with Crippen LogP contribution in [0.3, 0.4) is 0 Å². The Balaban J connectivity index is 1.40. The molecule has 2 saturated heterocycles. The van der Waals surface area contributed by atoms with E-state index in [4.69, 9.17) is 23.7 Å². The lowest BCUT2D eigenvalue weighted by Crippen LogP contribution is -2.63. The van der Waals surface area contributed by atoms with E-state index in [0.717, 1.165) is 16.7 Å². The molecular weight excluding hydrogens is 491 g/mol. The van der Waals surface area contributed by atoms with E-state index < -0.39 is 23.6 Å². The van der Waals surface area contributed by atoms with Crippen molar-refractivity contribution in [2.24, 2.45) is 0 Å². The van der Waals surface area contributed by atoms with E-state index in [0.29, 0.717) is 32.7 Å². The fourth-order valence-corrected chi connectivity index (χ4v) is 5.44. The number of aryl methyl sites for hydroxylation is 1. The van der Waals surface area contributed by atoms with Crippen molar-refractivity contribution in [1.82, 2.24) is 10.4 Å². The molecule has 0 radical (unpaired) electrons. The number of carbonyl (C=O) groups is 1. The van der Waals surface area contributed by atoms with Crippen LogP contribution in [-0.4, -0.2) is 66.9 Å². The summed E-state index contributed by atoms with van der Waals surface area (Å²) in [5, 5.41) is 1.88. The minimum absolute atomic E-state index is 0.228. The van der Waals surface area contributed by atoms with Crippen LogP contribution in [0.2, 0.25) is 0 Å². The summed E-state index contributed by atoms with van der Waals surface area (Å²) in [7, 11) is 0. The van der Waals surface area contributed by atoms with Gasteiger partial charge in [0.15, 0.2) is 11.4 Å². The van der Waals surface area contributed by atoms with Crippen molar-refractivity contribution in [1.29, 1.82) is 0 Å². The Hall–Kier alpha value is -2.40. The van der Waals surface area contributed by atoms with Crippen molar-refractivity contribution in [2.75, 3.05) is 26.3 Å². The summed E-state index contributed by atoms with van der Waals surface area (Å²) in [4.78, 5) is 14.0. The summed E-state index contributed by atoms with van der Waals surface area (Å²) >= 11 is 0. The number of fused-ring (bicyclic) bond motifs is 1. The molecule has 1 unspecified atom stereocenters. The van der Waals surface area contributed by atoms with Crippen molar-refractivity contribution in [3.63, 3.8) is 0 Å². The highest BCUT2D eigenvalue weighted by Crippen LogP contribution is 2.44. The van der Waals surface area contributed by atoms with Crippen LogP contribution in [0.1, 0.15) is 43.4 Å². The molecule has 1 N–H and O–H groups in total. The molecule has 8 nitrogen and oxygen atoms in total. The zero-order chi connectivity index (χ0) is 26.8. The fraction of sp³-hybridized carbons (Fsp3) is 0.552. The molecule has 0 spiro atoms. The van der Waals surface area contributed by atoms with Gasteiger partial charge < -0.3 is 23.7 Å². The lowest BCUT2D eigenvalue weighted by Gasteiger charge is -2.44. The highest BCUT2D eigenvalue weighted by Gasteiger charge is 2.58. The monoisotopic (exact) mass is 528 g/mol. The van der Waals surface area contributed by atoms with Gasteiger partial charge in [-0.15, -0.1) is 0 Å². The Labute approximate surface area is 223 Å². The molecule has 4 atom stereocenters. The molecule has 5 rings (SSSR count). The van der Waals surface area contributed by atoms with Crippen LogP contribution in [0.4, 0.5) is 4.39 Å². The number of ether oxygens (including phenoxy) is 5. The molecule has 38 heavy (non-hydrogen) atoms. The van der Waals surface area contributed by atoms with Gasteiger partial charge in [0.05, 0.1) is 38.6 Å². The number of morpholine rings is 1. The molecule has 1 saturated carbocycles. The number of nitrogens with one attached hydrogen (secondary N) is 1. The van der Waals surface area contributed by atoms with Crippen LogP contribution in [0.25, 0.3) is 0 Å². The van der Waals surface area contributed by atoms with E-state index in [2.05, 4.69) is 11.5 Å². The van der Waals surface area contributed by atoms with Gasteiger partial charge in [0.2, 0.25) is 0 Å². The molecular formula is C29H37FN2O6. The molecule has 9 heteroatoms. The maximum Gasteiger partial charge on any atom is 0.266 e. The minimum Gasteiger partial charge on any atom is -0.379 e. The molecule has 2 aromatic rings. The van der Waals surface area contributed by atoms with Gasteiger partial charge in [-0.05, 0) is 44.0 Å². The first-order chi connectivity index (χ1) is 18.2. The van der Waals surface area contributed by atoms with E-state index in [1.54, 1.807) is 12.1 Å². The second-order valence-corrected chi connectivity index (χ2v) is 10.8. The third kappa shape index (κ3) is 6.42. The zero-order valence-electron chi connectivity index (χ0n) is 22.3. The molecule has 206 valence electrons. The van der Waals surface area contributed by atoms with Gasteiger partial charge in [-0.25, -0.2) is 9.40 Å². The van der Waals surface area contributed by atoms with E-state index in [9.17, 15) is 9.18 Å². The van der Waals surface area contributed by atoms with Crippen molar-refractivity contribution >= 4 is 5.91 Å². The predicted octanol–water partition coefficient (Wildman–Crippen LogP) is 3.65. The van der Waals surface area contributed by atoms with Crippen molar-refractivity contribution < 1.29 is 32.9 Å². The molecule has 3 fully saturated rings. The maximum absolute atomic E-state index is 14.0. The first kappa shape index (κ1) is 27.2. The third-order valence-corrected chi connectivity index (χ3v) is 7.31. The second-order valence-electron chi connectivity index (χ2n) is 10.8. The second kappa shape index (κ2) is 11.4. The highest BCUT2D eigenvalue weighted by atomic mass is 19.1. The minimum atomic E-state index is -1.21. The molecule has 0 bridgehead atoms. The van der Waals surface area contributed by atoms with E-state index in [1.807, 2.05) is 44.0 Å². The number of nitrogens with zero attached hydrogens (tertiary/aromatic N) is 1. The summed E-state index contributed by atoms with van der Waals surface area (Å²) < 4.78 is 44.3. The van der Waals surface area contributed by atoms with Crippen molar-refractivity contribution in [2.45, 2.75) is 76.5 Å². The SMILES string of the molecule is Cc1cccc(CO[C@]2(C(=O)NN3CCOCC3)CC(OCc3ccc(F)cc3)[C@@H]3OC(C)(C)O[C@@H]3C2)c1. The zero-order valence-corrected chi connectivity index (χ0v) is 22.3. The standard InChI is InChI=1S/C29H37FN2O6/c1-20-5-4-6-22(15-20)19-36-29(27(33)31-32-11-13-34-14-12-32)16-24(26-25(17-29)37-28(2,3)38-26)35-18-21-7-9-23(30)10-8-21/h4-10,15,24-26H,11-14,16-19H2,1-3H3,(H,31,33)/t24?,25-,26+,29-/m1/s1. The lowest BCUT2D eigenvalue weighted by atomic mass is 9.78. The Morgan fingerprint density at radius 1 is 1.05 bits per heavy atom. The fourth-order valence-electron chi connectivity index (χ4n) is 5.44. The van der Waals surface area contributed by atoms with E-state index >= 15 is 0 Å². The highest BCUT2D eigenvalue weighted by molar-refractivity contribution is 5.85. The van der Waals surface area contributed by atoms with Gasteiger partial charge >= 0.3 is 0 Å². The summed E-state index contributed by atoms with van der Waals surface area (Å²) in [6.07, 6.45) is -0.619. The van der Waals surface area contributed by atoms with Gasteiger partial charge in [0, 0.05) is 25.9 Å². The average Bonchev–Trinajstić information content (AvgIpc) is 3.21. The molecule has 1 aliphatic carbocycles. The lowest BCUT2D eigenvalue weighted by molar-refractivity contribution is -0.187. The number of rotatable bonds is 8. The summed E-state index contributed by atoms with van der Waals surface area (Å²) in [6, 6.07) is 14.3. The summed E-state index contributed by atoms with van der Waals surface area (Å²) in [5.74, 6) is -1.35. The number of amides is 1. The van der Waals surface area contributed by atoms with Gasteiger partial charge in [0.25, 0.3) is 5.91 Å². The van der Waals surface area contributed by atoms with Gasteiger partial charge in [-0.1, -0.05) is 42.0 Å². The quantitative estimate of drug-likeness (QED) is 0.561. The van der Waals surface area contributed by atoms with Crippen LogP contribution in [0, 0.1) is 12.7 Å². The van der Waals surface area contributed by atoms with Crippen molar-refractivity contribution in [3.8, 4) is 0 Å². The maximum atomic E-state index is 14.0. The first-order valence-corrected chi connectivity index (χ1v) is 13.3. The summed E-state index contributed by atoms with van der Waals surface area (Å²) in [5.41, 5.74) is 4.80. The molecule has 3 aliphatic rings. The van der Waals surface area contributed by atoms with Crippen LogP contribution in [0.15, 0.2) is 48.5 Å². The Bertz CT molecular complexity index is 1110. The number of carbonyl (C=O) groups excluding carboxylic acids is 1. The molecule has 2 aromatic carbocycles. The smallest absolute Gasteiger partial charge is 0.266 e. The normalized spacial score (nSPS) is 29.1. The number of hydrogen-bond acceptors (Lipinski definition) is 7. The largest absolute Gasteiger partial charge is 0.379 e. The van der Waals surface area contributed by atoms with Crippen LogP contribution >= 0.6 is 0 Å². The van der Waals surface area contributed by atoms with Gasteiger partial charge in [-0.3, -0.25) is 10.2 Å². The number of hydrogen-bond donors (Lipinski definition) is 1. The van der Waals surface area contributed by atoms with Crippen molar-refractivity contribution in [3.05, 3.63) is 71.0 Å². The van der Waals surface area contributed by atoms with Crippen LogP contribution in [0.5, 0.6) is 0 Å². The van der Waals surface area contributed by atoms with E-state index in [-0.39, 0.29) is 37.5 Å². The predicted molar refractivity (Wildman–Crippen MR) is 137 cm³/mol. The number of hydrazine groups is 1. The van der Waals surface area contributed by atoms with Crippen LogP contribution < -0.4 is 5.43 Å². The molecule has 2 aliphatic heterocycles. The number of benzene rings is 2. The average molecular weight is 529 g/mol. The Kier molecular flexibility index (Phi) is 8.14. The van der Waals surface area contributed by atoms with Gasteiger partial charge in [0.1, 0.15) is 11.9 Å². The molecule has 2 heterocycles. The third-order valence-electron chi connectivity index (χ3n) is 7.31. The van der Waals surface area contributed by atoms with Gasteiger partial charge in [-0.2, -0.15) is 0 Å². The molecule has 0 aromatic heterocycles. The summed E-state index contributed by atoms with van der Waals surface area (Å²) in [6.45, 7) is 8.58.